The van der Waals surface area contributed by atoms with E-state index in [2.05, 4.69) is 29.6 Å². The number of nitrogens with one attached hydrogen (secondary N) is 1. The topological polar surface area (TPSA) is 64.1 Å². The fraction of sp³-hybridized carbons (Fsp3) is 0.227. The number of esters is 1. The second-order valence-electron chi connectivity index (χ2n) is 6.54. The number of benzene rings is 2. The van der Waals surface area contributed by atoms with Gasteiger partial charge in [-0.05, 0) is 18.1 Å². The fourth-order valence-corrected chi connectivity index (χ4v) is 4.28. The van der Waals surface area contributed by atoms with E-state index in [1.807, 2.05) is 30.3 Å². The van der Waals surface area contributed by atoms with Crippen LogP contribution < -0.4 is 5.32 Å². The molecule has 0 unspecified atom stereocenters. The number of carbonyl (C=O) groups excluding carboxylic acids is 1. The van der Waals surface area contributed by atoms with Gasteiger partial charge in [0.25, 0.3) is 0 Å². The smallest absolute Gasteiger partial charge is 0.305 e. The molecular weight excluding hydrogens is 370 g/mol. The lowest BCUT2D eigenvalue weighted by molar-refractivity contribution is -0.140. The van der Waals surface area contributed by atoms with Crippen molar-refractivity contribution in [3.8, 4) is 0 Å². The predicted molar refractivity (Wildman–Crippen MR) is 114 cm³/mol. The van der Waals surface area contributed by atoms with Gasteiger partial charge in [0.1, 0.15) is 16.5 Å². The van der Waals surface area contributed by atoms with Crippen LogP contribution in [0, 0.1) is 0 Å². The first-order chi connectivity index (χ1) is 13.7. The maximum Gasteiger partial charge on any atom is 0.305 e. The van der Waals surface area contributed by atoms with Crippen molar-refractivity contribution in [2.24, 2.45) is 0 Å². The minimum atomic E-state index is -0.203. The monoisotopic (exact) mass is 391 g/mol. The molecule has 4 rings (SSSR count). The molecule has 6 heteroatoms. The van der Waals surface area contributed by atoms with Crippen LogP contribution in [0.1, 0.15) is 24.2 Å². The van der Waals surface area contributed by atoms with Crippen molar-refractivity contribution in [1.82, 2.24) is 9.97 Å². The molecule has 0 amide bonds. The molecule has 2 heterocycles. The van der Waals surface area contributed by atoms with E-state index in [0.717, 1.165) is 21.9 Å². The number of aromatic nitrogens is 2. The van der Waals surface area contributed by atoms with E-state index >= 15 is 0 Å². The number of nitrogens with zero attached hydrogens (tertiary/aromatic N) is 2. The highest BCUT2D eigenvalue weighted by Gasteiger charge is 2.14. The zero-order valence-electron chi connectivity index (χ0n) is 15.6. The number of hydrogen-bond acceptors (Lipinski definition) is 6. The van der Waals surface area contributed by atoms with Crippen molar-refractivity contribution in [3.63, 3.8) is 0 Å². The average molecular weight is 391 g/mol. The second-order valence-corrected chi connectivity index (χ2v) is 7.57. The van der Waals surface area contributed by atoms with Crippen molar-refractivity contribution in [2.45, 2.75) is 25.8 Å². The number of hydrogen-bond donors (Lipinski definition) is 1. The van der Waals surface area contributed by atoms with E-state index in [0.29, 0.717) is 25.8 Å². The summed E-state index contributed by atoms with van der Waals surface area (Å²) >= 11 is 1.67. The number of methoxy groups -OCH3 is 1. The van der Waals surface area contributed by atoms with Crippen LogP contribution in [0.4, 0.5) is 5.82 Å². The van der Waals surface area contributed by atoms with E-state index in [4.69, 9.17) is 14.7 Å². The molecule has 0 saturated heterocycles. The molecule has 0 radical (unpaired) electrons. The van der Waals surface area contributed by atoms with Crippen molar-refractivity contribution in [3.05, 3.63) is 66.0 Å². The lowest BCUT2D eigenvalue weighted by atomic mass is 10.2. The van der Waals surface area contributed by atoms with Crippen molar-refractivity contribution in [2.75, 3.05) is 12.4 Å². The summed E-state index contributed by atoms with van der Waals surface area (Å²) in [5, 5.41) is 5.73. The molecule has 0 saturated carbocycles. The molecule has 0 aliphatic rings. The molecule has 4 aromatic rings. The highest BCUT2D eigenvalue weighted by Crippen LogP contribution is 2.36. The molecule has 2 aromatic carbocycles. The fourth-order valence-electron chi connectivity index (χ4n) is 3.18. The summed E-state index contributed by atoms with van der Waals surface area (Å²) in [6.45, 7) is 0.693. The van der Waals surface area contributed by atoms with Gasteiger partial charge in [-0.3, -0.25) is 4.79 Å². The molecule has 28 heavy (non-hydrogen) atoms. The minimum Gasteiger partial charge on any atom is -0.469 e. The third-order valence-corrected chi connectivity index (χ3v) is 5.66. The van der Waals surface area contributed by atoms with Gasteiger partial charge >= 0.3 is 5.97 Å². The molecule has 0 bridgehead atoms. The molecule has 5 nitrogen and oxygen atoms in total. The first kappa shape index (κ1) is 18.4. The molecular formula is C22H21N3O2S. The minimum absolute atomic E-state index is 0.203. The average Bonchev–Trinajstić information content (AvgIpc) is 3.11. The Bertz CT molecular complexity index is 1110. The van der Waals surface area contributed by atoms with Crippen molar-refractivity contribution in [1.29, 1.82) is 0 Å². The Labute approximate surface area is 167 Å². The zero-order chi connectivity index (χ0) is 19.3. The van der Waals surface area contributed by atoms with Crippen LogP contribution in [-0.2, 0) is 22.5 Å². The third-order valence-electron chi connectivity index (χ3n) is 4.60. The highest BCUT2D eigenvalue weighted by molar-refractivity contribution is 7.25. The van der Waals surface area contributed by atoms with Gasteiger partial charge in [0, 0.05) is 29.5 Å². The molecule has 142 valence electrons. The second kappa shape index (κ2) is 8.35. The largest absolute Gasteiger partial charge is 0.469 e. The summed E-state index contributed by atoms with van der Waals surface area (Å²) in [4.78, 5) is 21.9. The van der Waals surface area contributed by atoms with Crippen LogP contribution in [0.3, 0.4) is 0 Å². The Kier molecular flexibility index (Phi) is 5.48. The highest BCUT2D eigenvalue weighted by atomic mass is 32.1. The summed E-state index contributed by atoms with van der Waals surface area (Å²) in [6, 6.07) is 18.6. The Balaban J connectivity index is 1.67. The van der Waals surface area contributed by atoms with Gasteiger partial charge in [0.05, 0.1) is 12.5 Å². The van der Waals surface area contributed by atoms with Gasteiger partial charge in [0.15, 0.2) is 0 Å². The molecule has 0 atom stereocenters. The Morgan fingerprint density at radius 2 is 1.86 bits per heavy atom. The molecule has 1 N–H and O–H groups in total. The molecule has 2 aromatic heterocycles. The number of aryl methyl sites for hydroxylation is 1. The quantitative estimate of drug-likeness (QED) is 0.452. The van der Waals surface area contributed by atoms with Gasteiger partial charge in [-0.1, -0.05) is 48.5 Å². The van der Waals surface area contributed by atoms with Crippen molar-refractivity contribution >= 4 is 43.4 Å². The van der Waals surface area contributed by atoms with Gasteiger partial charge in [-0.15, -0.1) is 11.3 Å². The first-order valence-electron chi connectivity index (χ1n) is 9.27. The Morgan fingerprint density at radius 3 is 2.68 bits per heavy atom. The summed E-state index contributed by atoms with van der Waals surface area (Å²) in [7, 11) is 1.41. The summed E-state index contributed by atoms with van der Waals surface area (Å²) in [5.74, 6) is 1.39. The summed E-state index contributed by atoms with van der Waals surface area (Å²) < 4.78 is 5.92. The van der Waals surface area contributed by atoms with Gasteiger partial charge in [0.2, 0.25) is 0 Å². The summed E-state index contributed by atoms with van der Waals surface area (Å²) in [5.41, 5.74) is 1.20. The van der Waals surface area contributed by atoms with E-state index in [1.54, 1.807) is 11.3 Å². The lowest BCUT2D eigenvalue weighted by Crippen LogP contribution is -2.06. The molecule has 0 fully saturated rings. The maximum absolute atomic E-state index is 11.4. The van der Waals surface area contributed by atoms with Crippen LogP contribution in [0.15, 0.2) is 54.6 Å². The number of anilines is 1. The zero-order valence-corrected chi connectivity index (χ0v) is 16.5. The summed E-state index contributed by atoms with van der Waals surface area (Å²) in [6.07, 6.45) is 1.68. The SMILES string of the molecule is COC(=O)CCCc1nc(NCc2ccccc2)c2c(n1)sc1ccccc12. The van der Waals surface area contributed by atoms with E-state index < -0.39 is 0 Å². The third kappa shape index (κ3) is 3.97. The number of carbonyl (C=O) groups is 1. The number of fused-ring (bicyclic) bond motifs is 3. The van der Waals surface area contributed by atoms with Crippen LogP contribution in [0.2, 0.25) is 0 Å². The van der Waals surface area contributed by atoms with E-state index in [9.17, 15) is 4.79 Å². The first-order valence-corrected chi connectivity index (χ1v) is 10.1. The molecule has 0 aliphatic heterocycles. The lowest BCUT2D eigenvalue weighted by Gasteiger charge is -2.09. The van der Waals surface area contributed by atoms with Crippen LogP contribution >= 0.6 is 11.3 Å². The number of thiophene rings is 1. The van der Waals surface area contributed by atoms with E-state index in [1.165, 1.54) is 22.8 Å². The van der Waals surface area contributed by atoms with Gasteiger partial charge in [-0.25, -0.2) is 9.97 Å². The van der Waals surface area contributed by atoms with Gasteiger partial charge < -0.3 is 10.1 Å². The van der Waals surface area contributed by atoms with Gasteiger partial charge in [-0.2, -0.15) is 0 Å². The van der Waals surface area contributed by atoms with Crippen LogP contribution in [0.25, 0.3) is 20.3 Å². The van der Waals surface area contributed by atoms with Crippen LogP contribution in [0.5, 0.6) is 0 Å². The van der Waals surface area contributed by atoms with Crippen molar-refractivity contribution < 1.29 is 9.53 Å². The molecule has 0 spiro atoms. The standard InChI is InChI=1S/C22H21N3O2S/c1-27-19(26)13-7-12-18-24-21(23-14-15-8-3-2-4-9-15)20-16-10-5-6-11-17(16)28-22(20)25-18/h2-6,8-11H,7,12-14H2,1H3,(H,23,24,25). The van der Waals surface area contributed by atoms with E-state index in [-0.39, 0.29) is 5.97 Å². The van der Waals surface area contributed by atoms with Crippen LogP contribution in [-0.4, -0.2) is 23.0 Å². The Hall–Kier alpha value is -2.99. The predicted octanol–water partition coefficient (Wildman–Crippen LogP) is 4.95. The maximum atomic E-state index is 11.4. The number of ether oxygens (including phenoxy) is 1. The Morgan fingerprint density at radius 1 is 1.07 bits per heavy atom. The number of rotatable bonds is 7. The normalized spacial score (nSPS) is 11.0. The molecule has 0 aliphatic carbocycles.